The van der Waals surface area contributed by atoms with E-state index in [9.17, 15) is 4.79 Å². The molecule has 0 amide bonds. The van der Waals surface area contributed by atoms with E-state index in [4.69, 9.17) is 0 Å². The molecule has 2 heterocycles. The van der Waals surface area contributed by atoms with E-state index in [-0.39, 0.29) is 5.78 Å². The van der Waals surface area contributed by atoms with Crippen molar-refractivity contribution in [2.45, 2.75) is 6.42 Å². The zero-order valence-electron chi connectivity index (χ0n) is 6.86. The lowest BCUT2D eigenvalue weighted by Crippen LogP contribution is -2.04. The Labute approximate surface area is 79.4 Å². The number of hydrogen-bond donors (Lipinski definition) is 1. The first-order chi connectivity index (χ1) is 6.36. The predicted octanol–water partition coefficient (Wildman–Crippen LogP) is 1.90. The van der Waals surface area contributed by atoms with Crippen molar-refractivity contribution >= 4 is 17.1 Å². The summed E-state index contributed by atoms with van der Waals surface area (Å²) in [6.45, 7) is 0. The third-order valence-corrected chi connectivity index (χ3v) is 2.44. The molecule has 0 spiro atoms. The fraction of sp³-hybridized carbons (Fsp3) is 0.111. The van der Waals surface area contributed by atoms with Gasteiger partial charge in [-0.05, 0) is 22.4 Å². The Morgan fingerprint density at radius 2 is 2.54 bits per heavy atom. The highest BCUT2D eigenvalue weighted by atomic mass is 32.1. The maximum Gasteiger partial charge on any atom is 0.202 e. The molecule has 0 fully saturated rings. The average molecular weight is 192 g/mol. The first-order valence-electron chi connectivity index (χ1n) is 3.90. The Balaban J connectivity index is 2.08. The highest BCUT2D eigenvalue weighted by Gasteiger charge is 2.08. The molecule has 66 valence electrons. The van der Waals surface area contributed by atoms with Gasteiger partial charge in [-0.3, -0.25) is 4.79 Å². The monoisotopic (exact) mass is 192 g/mol. The summed E-state index contributed by atoms with van der Waals surface area (Å²) in [7, 11) is 0. The molecular formula is C9H8N2OS. The predicted molar refractivity (Wildman–Crippen MR) is 50.9 cm³/mol. The molecular weight excluding hydrogens is 184 g/mol. The van der Waals surface area contributed by atoms with E-state index < -0.39 is 0 Å². The Morgan fingerprint density at radius 3 is 3.15 bits per heavy atom. The van der Waals surface area contributed by atoms with Crippen LogP contribution >= 0.6 is 11.3 Å². The van der Waals surface area contributed by atoms with Crippen LogP contribution in [-0.2, 0) is 6.42 Å². The minimum absolute atomic E-state index is 0.0309. The number of ketones is 1. The Kier molecular flexibility index (Phi) is 2.23. The summed E-state index contributed by atoms with van der Waals surface area (Å²) in [4.78, 5) is 18.2. The number of aromatic amines is 1. The second-order valence-electron chi connectivity index (χ2n) is 2.67. The Bertz CT molecular complexity index is 378. The van der Waals surface area contributed by atoms with Gasteiger partial charge in [0.2, 0.25) is 5.78 Å². The van der Waals surface area contributed by atoms with Crippen molar-refractivity contribution in [2.75, 3.05) is 0 Å². The highest BCUT2D eigenvalue weighted by Crippen LogP contribution is 2.08. The smallest absolute Gasteiger partial charge is 0.202 e. The average Bonchev–Trinajstić information content (AvgIpc) is 2.74. The van der Waals surface area contributed by atoms with Gasteiger partial charge in [0.1, 0.15) is 0 Å². The van der Waals surface area contributed by atoms with Gasteiger partial charge in [-0.25, -0.2) is 4.98 Å². The molecule has 0 aromatic carbocycles. The molecule has 4 heteroatoms. The van der Waals surface area contributed by atoms with Gasteiger partial charge in [0.25, 0.3) is 0 Å². The van der Waals surface area contributed by atoms with E-state index in [2.05, 4.69) is 9.97 Å². The summed E-state index contributed by atoms with van der Waals surface area (Å²) < 4.78 is 0. The van der Waals surface area contributed by atoms with Crippen molar-refractivity contribution in [3.8, 4) is 0 Å². The number of H-pyrrole nitrogens is 1. The van der Waals surface area contributed by atoms with Gasteiger partial charge in [0.15, 0.2) is 5.82 Å². The molecule has 0 saturated carbocycles. The highest BCUT2D eigenvalue weighted by molar-refractivity contribution is 7.08. The lowest BCUT2D eigenvalue weighted by molar-refractivity contribution is 0.0984. The molecule has 0 aliphatic carbocycles. The normalized spacial score (nSPS) is 10.2. The quantitative estimate of drug-likeness (QED) is 0.755. The lowest BCUT2D eigenvalue weighted by atomic mass is 10.2. The van der Waals surface area contributed by atoms with Gasteiger partial charge in [-0.2, -0.15) is 11.3 Å². The van der Waals surface area contributed by atoms with Crippen molar-refractivity contribution in [1.82, 2.24) is 9.97 Å². The van der Waals surface area contributed by atoms with Gasteiger partial charge >= 0.3 is 0 Å². The SMILES string of the molecule is O=C(Cc1ccsc1)c1ncc[nH]1. The molecule has 13 heavy (non-hydrogen) atoms. The molecule has 0 unspecified atom stereocenters. The van der Waals surface area contributed by atoms with Crippen molar-refractivity contribution in [3.05, 3.63) is 40.6 Å². The molecule has 1 N–H and O–H groups in total. The number of carbonyl (C=O) groups is 1. The van der Waals surface area contributed by atoms with E-state index >= 15 is 0 Å². The minimum Gasteiger partial charge on any atom is -0.342 e. The van der Waals surface area contributed by atoms with Crippen LogP contribution in [-0.4, -0.2) is 15.8 Å². The second kappa shape index (κ2) is 3.53. The van der Waals surface area contributed by atoms with Crippen molar-refractivity contribution < 1.29 is 4.79 Å². The number of thiophene rings is 1. The van der Waals surface area contributed by atoms with E-state index in [1.807, 2.05) is 16.8 Å². The van der Waals surface area contributed by atoms with E-state index in [1.165, 1.54) is 0 Å². The minimum atomic E-state index is 0.0309. The van der Waals surface area contributed by atoms with E-state index in [1.54, 1.807) is 23.7 Å². The first kappa shape index (κ1) is 8.19. The summed E-state index contributed by atoms with van der Waals surface area (Å²) in [5, 5.41) is 3.94. The summed E-state index contributed by atoms with van der Waals surface area (Å²) >= 11 is 1.60. The van der Waals surface area contributed by atoms with Gasteiger partial charge in [0.05, 0.1) is 0 Å². The third-order valence-electron chi connectivity index (χ3n) is 1.71. The summed E-state index contributed by atoms with van der Waals surface area (Å²) in [6.07, 6.45) is 3.67. The largest absolute Gasteiger partial charge is 0.342 e. The van der Waals surface area contributed by atoms with Crippen molar-refractivity contribution in [3.63, 3.8) is 0 Å². The van der Waals surface area contributed by atoms with Crippen LogP contribution in [0.5, 0.6) is 0 Å². The van der Waals surface area contributed by atoms with Crippen LogP contribution in [0.4, 0.5) is 0 Å². The summed E-state index contributed by atoms with van der Waals surface area (Å²) in [6, 6.07) is 1.95. The molecule has 0 atom stereocenters. The Morgan fingerprint density at radius 1 is 1.62 bits per heavy atom. The van der Waals surface area contributed by atoms with Crippen LogP contribution in [0.15, 0.2) is 29.2 Å². The first-order valence-corrected chi connectivity index (χ1v) is 4.84. The van der Waals surface area contributed by atoms with Crippen LogP contribution < -0.4 is 0 Å². The van der Waals surface area contributed by atoms with Crippen LogP contribution in [0.1, 0.15) is 16.2 Å². The topological polar surface area (TPSA) is 45.8 Å². The number of hydrogen-bond acceptors (Lipinski definition) is 3. The number of carbonyl (C=O) groups excluding carboxylic acids is 1. The fourth-order valence-corrected chi connectivity index (χ4v) is 1.75. The maximum absolute atomic E-state index is 11.5. The molecule has 0 aliphatic heterocycles. The summed E-state index contributed by atoms with van der Waals surface area (Å²) in [5.41, 5.74) is 1.05. The van der Waals surface area contributed by atoms with Crippen LogP contribution in [0.3, 0.4) is 0 Å². The van der Waals surface area contributed by atoms with Gasteiger partial charge in [-0.1, -0.05) is 0 Å². The number of nitrogens with one attached hydrogen (secondary N) is 1. The van der Waals surface area contributed by atoms with Crippen LogP contribution in [0.25, 0.3) is 0 Å². The molecule has 0 saturated heterocycles. The van der Waals surface area contributed by atoms with Gasteiger partial charge in [0, 0.05) is 18.8 Å². The van der Waals surface area contributed by atoms with Crippen molar-refractivity contribution in [1.29, 1.82) is 0 Å². The van der Waals surface area contributed by atoms with Gasteiger partial charge in [-0.15, -0.1) is 0 Å². The maximum atomic E-state index is 11.5. The van der Waals surface area contributed by atoms with Gasteiger partial charge < -0.3 is 4.98 Å². The van der Waals surface area contributed by atoms with Crippen molar-refractivity contribution in [2.24, 2.45) is 0 Å². The third kappa shape index (κ3) is 1.84. The zero-order valence-corrected chi connectivity index (χ0v) is 7.67. The van der Waals surface area contributed by atoms with E-state index in [0.717, 1.165) is 5.56 Å². The number of rotatable bonds is 3. The number of aromatic nitrogens is 2. The fourth-order valence-electron chi connectivity index (χ4n) is 1.08. The standard InChI is InChI=1S/C9H8N2OS/c12-8(9-10-2-3-11-9)5-7-1-4-13-6-7/h1-4,6H,5H2,(H,10,11). The molecule has 0 bridgehead atoms. The number of nitrogens with zero attached hydrogens (tertiary/aromatic N) is 1. The molecule has 3 nitrogen and oxygen atoms in total. The molecule has 0 aliphatic rings. The lowest BCUT2D eigenvalue weighted by Gasteiger charge is -1.93. The molecule has 2 aromatic rings. The molecule has 2 rings (SSSR count). The molecule has 0 radical (unpaired) electrons. The van der Waals surface area contributed by atoms with Crippen LogP contribution in [0.2, 0.25) is 0 Å². The summed E-state index contributed by atoms with van der Waals surface area (Å²) in [5.74, 6) is 0.467. The zero-order chi connectivity index (χ0) is 9.10. The number of imidazole rings is 1. The van der Waals surface area contributed by atoms with E-state index in [0.29, 0.717) is 12.2 Å². The Hall–Kier alpha value is -1.42. The van der Waals surface area contributed by atoms with Crippen LogP contribution in [0, 0.1) is 0 Å². The molecule has 2 aromatic heterocycles. The second-order valence-corrected chi connectivity index (χ2v) is 3.45. The number of Topliss-reactive ketones (excluding diaryl/α,β-unsaturated/α-hetero) is 1.